The second kappa shape index (κ2) is 11.9. The van der Waals surface area contributed by atoms with Crippen molar-refractivity contribution < 1.29 is 23.6 Å². The van der Waals surface area contributed by atoms with E-state index >= 15 is 0 Å². The summed E-state index contributed by atoms with van der Waals surface area (Å²) in [5.41, 5.74) is 2.55. The summed E-state index contributed by atoms with van der Waals surface area (Å²) in [5.74, 6) is -1.67. The largest absolute Gasteiger partial charge is 0.340 e. The highest BCUT2D eigenvalue weighted by Crippen LogP contribution is 2.32. The third-order valence-electron chi connectivity index (χ3n) is 8.93. The minimum atomic E-state index is -0.998. The van der Waals surface area contributed by atoms with E-state index in [1.807, 2.05) is 48.5 Å². The summed E-state index contributed by atoms with van der Waals surface area (Å²) < 4.78 is 13.7. The van der Waals surface area contributed by atoms with E-state index in [1.54, 1.807) is 35.2 Å². The average molecular weight is 606 g/mol. The molecule has 230 valence electrons. The fraction of sp³-hybridized carbons (Fsp3) is 0.297. The van der Waals surface area contributed by atoms with Gasteiger partial charge in [-0.05, 0) is 70.1 Å². The van der Waals surface area contributed by atoms with E-state index in [9.17, 15) is 23.6 Å². The number of nitrogens with zero attached hydrogens (tertiary/aromatic N) is 2. The predicted octanol–water partition coefficient (Wildman–Crippen LogP) is 5.31. The Morgan fingerprint density at radius 1 is 0.867 bits per heavy atom. The summed E-state index contributed by atoms with van der Waals surface area (Å²) in [6, 6.07) is 24.1. The van der Waals surface area contributed by atoms with Crippen LogP contribution in [-0.2, 0) is 21.4 Å². The van der Waals surface area contributed by atoms with Crippen LogP contribution in [0.1, 0.15) is 59.0 Å². The summed E-state index contributed by atoms with van der Waals surface area (Å²) in [4.78, 5) is 57.6. The number of carbonyl (C=O) groups is 4. The van der Waals surface area contributed by atoms with Crippen molar-refractivity contribution in [2.75, 3.05) is 13.1 Å². The minimum Gasteiger partial charge on any atom is -0.340 e. The normalized spacial score (nSPS) is 18.6. The zero-order chi connectivity index (χ0) is 31.9. The van der Waals surface area contributed by atoms with Crippen LogP contribution in [0, 0.1) is 5.82 Å². The van der Waals surface area contributed by atoms with Gasteiger partial charge in [-0.1, -0.05) is 75.4 Å². The van der Waals surface area contributed by atoms with Crippen molar-refractivity contribution >= 4 is 34.3 Å². The lowest BCUT2D eigenvalue weighted by Crippen LogP contribution is -2.53. The van der Waals surface area contributed by atoms with Crippen LogP contribution in [0.25, 0.3) is 10.8 Å². The first-order valence-electron chi connectivity index (χ1n) is 15.3. The second-order valence-corrected chi connectivity index (χ2v) is 13.0. The quantitative estimate of drug-likeness (QED) is 0.323. The Hall–Kier alpha value is -4.85. The van der Waals surface area contributed by atoms with Crippen LogP contribution in [0.3, 0.4) is 0 Å². The molecule has 8 heteroatoms. The summed E-state index contributed by atoms with van der Waals surface area (Å²) in [6.45, 7) is 6.45. The molecule has 2 saturated heterocycles. The second-order valence-electron chi connectivity index (χ2n) is 13.0. The van der Waals surface area contributed by atoms with Gasteiger partial charge in [-0.15, -0.1) is 0 Å². The van der Waals surface area contributed by atoms with Gasteiger partial charge in [0.2, 0.25) is 5.91 Å². The van der Waals surface area contributed by atoms with Gasteiger partial charge in [0.05, 0.1) is 12.6 Å². The van der Waals surface area contributed by atoms with Crippen LogP contribution in [-0.4, -0.2) is 64.5 Å². The maximum atomic E-state index is 14.1. The molecule has 0 unspecified atom stereocenters. The van der Waals surface area contributed by atoms with E-state index in [2.05, 4.69) is 26.1 Å². The van der Waals surface area contributed by atoms with Gasteiger partial charge in [0.1, 0.15) is 17.9 Å². The fourth-order valence-corrected chi connectivity index (χ4v) is 6.45. The Kier molecular flexibility index (Phi) is 7.99. The van der Waals surface area contributed by atoms with Gasteiger partial charge in [0.25, 0.3) is 11.8 Å². The van der Waals surface area contributed by atoms with Gasteiger partial charge in [0, 0.05) is 24.1 Å². The molecule has 45 heavy (non-hydrogen) atoms. The van der Waals surface area contributed by atoms with Crippen LogP contribution >= 0.6 is 0 Å². The van der Waals surface area contributed by atoms with Crippen LogP contribution in [0.5, 0.6) is 0 Å². The van der Waals surface area contributed by atoms with Crippen LogP contribution < -0.4 is 5.32 Å². The van der Waals surface area contributed by atoms with E-state index in [4.69, 9.17) is 0 Å². The van der Waals surface area contributed by atoms with Crippen LogP contribution in [0.4, 0.5) is 4.39 Å². The number of nitrogens with one attached hydrogen (secondary N) is 1. The molecule has 2 aliphatic heterocycles. The van der Waals surface area contributed by atoms with Crippen molar-refractivity contribution in [1.82, 2.24) is 15.1 Å². The van der Waals surface area contributed by atoms with Crippen molar-refractivity contribution in [3.63, 3.8) is 0 Å². The molecule has 6 rings (SSSR count). The Bertz CT molecular complexity index is 1780. The monoisotopic (exact) mass is 605 g/mol. The lowest BCUT2D eigenvalue weighted by Gasteiger charge is -2.28. The van der Waals surface area contributed by atoms with Crippen molar-refractivity contribution in [1.29, 1.82) is 0 Å². The molecule has 2 aliphatic rings. The van der Waals surface area contributed by atoms with E-state index < -0.39 is 35.8 Å². The smallest absolute Gasteiger partial charge is 0.254 e. The number of amides is 3. The highest BCUT2D eigenvalue weighted by Gasteiger charge is 2.52. The highest BCUT2D eigenvalue weighted by atomic mass is 19.1. The average Bonchev–Trinajstić information content (AvgIpc) is 3.61. The van der Waals surface area contributed by atoms with Crippen LogP contribution in [0.15, 0.2) is 91.0 Å². The number of halogens is 1. The summed E-state index contributed by atoms with van der Waals surface area (Å²) in [7, 11) is 0. The zero-order valence-electron chi connectivity index (χ0n) is 25.6. The van der Waals surface area contributed by atoms with E-state index in [0.29, 0.717) is 23.1 Å². The molecule has 7 nitrogen and oxygen atoms in total. The molecule has 0 radical (unpaired) electrons. The molecule has 2 fully saturated rings. The SMILES string of the molecule is CC(C)(C)c1ccc(C(=O)N[C@@H](Cc2ccc(F)cc2)C(=O)N2CC[C@@H]3[C@H]2C(=O)CN3C(=O)c2ccc3ccccc3c2)cc1. The molecular weight excluding hydrogens is 569 g/mol. The summed E-state index contributed by atoms with van der Waals surface area (Å²) in [6.07, 6.45) is 0.569. The predicted molar refractivity (Wildman–Crippen MR) is 170 cm³/mol. The van der Waals surface area contributed by atoms with Crippen molar-refractivity contribution in [3.8, 4) is 0 Å². The van der Waals surface area contributed by atoms with Gasteiger partial charge in [-0.25, -0.2) is 4.39 Å². The molecule has 2 heterocycles. The van der Waals surface area contributed by atoms with Crippen molar-refractivity contribution in [2.45, 2.75) is 57.2 Å². The number of likely N-dealkylation sites (tertiary alicyclic amines) is 2. The molecule has 0 spiro atoms. The van der Waals surface area contributed by atoms with E-state index in [-0.39, 0.29) is 36.6 Å². The molecule has 0 saturated carbocycles. The highest BCUT2D eigenvalue weighted by molar-refractivity contribution is 6.05. The Morgan fingerprint density at radius 2 is 1.53 bits per heavy atom. The number of benzene rings is 4. The minimum absolute atomic E-state index is 0.0834. The van der Waals surface area contributed by atoms with E-state index in [0.717, 1.165) is 16.3 Å². The Labute approximate surface area is 262 Å². The first-order chi connectivity index (χ1) is 21.5. The van der Waals surface area contributed by atoms with Crippen LogP contribution in [0.2, 0.25) is 0 Å². The van der Waals surface area contributed by atoms with Gasteiger partial charge in [-0.3, -0.25) is 19.2 Å². The molecule has 3 amide bonds. The third-order valence-corrected chi connectivity index (χ3v) is 8.93. The zero-order valence-corrected chi connectivity index (χ0v) is 25.6. The summed E-state index contributed by atoms with van der Waals surface area (Å²) in [5, 5.41) is 4.83. The molecule has 0 aromatic heterocycles. The van der Waals surface area contributed by atoms with Gasteiger partial charge >= 0.3 is 0 Å². The molecule has 1 N–H and O–H groups in total. The third kappa shape index (κ3) is 6.10. The summed E-state index contributed by atoms with van der Waals surface area (Å²) >= 11 is 0. The number of ketones is 1. The molecule has 3 atom stereocenters. The molecule has 0 aliphatic carbocycles. The van der Waals surface area contributed by atoms with Gasteiger partial charge in [0.15, 0.2) is 5.78 Å². The maximum Gasteiger partial charge on any atom is 0.254 e. The number of fused-ring (bicyclic) bond motifs is 2. The lowest BCUT2D eigenvalue weighted by atomic mass is 9.86. The number of rotatable bonds is 6. The standard InChI is InChI=1S/C37H36FN3O4/c1-37(2,3)28-14-12-25(13-15-28)34(43)39-30(20-23-8-16-29(38)17-9-23)36(45)40-19-18-31-33(40)32(42)22-41(31)35(44)27-11-10-24-6-4-5-7-26(24)21-27/h4-17,21,30-31,33H,18-20,22H2,1-3H3,(H,39,43)/t30-,31+,33-/m0/s1. The number of carbonyl (C=O) groups excluding carboxylic acids is 4. The number of Topliss-reactive ketones (excluding diaryl/α,β-unsaturated/α-hetero) is 1. The number of hydrogen-bond donors (Lipinski definition) is 1. The Morgan fingerprint density at radius 3 is 2.22 bits per heavy atom. The van der Waals surface area contributed by atoms with Crippen molar-refractivity contribution in [2.24, 2.45) is 0 Å². The topological polar surface area (TPSA) is 86.8 Å². The van der Waals surface area contributed by atoms with Gasteiger partial charge in [-0.2, -0.15) is 0 Å². The lowest BCUT2D eigenvalue weighted by molar-refractivity contribution is -0.138. The molecule has 4 aromatic carbocycles. The maximum absolute atomic E-state index is 14.1. The molecule has 0 bridgehead atoms. The van der Waals surface area contributed by atoms with Crippen molar-refractivity contribution in [3.05, 3.63) is 119 Å². The number of hydrogen-bond acceptors (Lipinski definition) is 4. The fourth-order valence-electron chi connectivity index (χ4n) is 6.45. The molecular formula is C37H36FN3O4. The van der Waals surface area contributed by atoms with Gasteiger partial charge < -0.3 is 15.1 Å². The molecule has 4 aromatic rings. The van der Waals surface area contributed by atoms with E-state index in [1.165, 1.54) is 17.0 Å². The first-order valence-corrected chi connectivity index (χ1v) is 15.3. The Balaban J connectivity index is 1.23. The first kappa shape index (κ1) is 30.2.